The lowest BCUT2D eigenvalue weighted by Gasteiger charge is -2.06. The van der Waals surface area contributed by atoms with Gasteiger partial charge in [-0.1, -0.05) is 13.8 Å². The molecule has 2 nitrogen and oxygen atoms in total. The van der Waals surface area contributed by atoms with E-state index in [1.54, 1.807) is 14.2 Å². The van der Waals surface area contributed by atoms with Crippen molar-refractivity contribution in [3.05, 3.63) is 23.1 Å². The van der Waals surface area contributed by atoms with Gasteiger partial charge in [-0.2, -0.15) is 0 Å². The molecule has 0 aliphatic rings. The number of thiophene rings is 1. The Kier molecular flexibility index (Phi) is 3.06. The summed E-state index contributed by atoms with van der Waals surface area (Å²) in [7, 11) is 3.33. The number of rotatable bonds is 3. The molecule has 0 atom stereocenters. The largest absolute Gasteiger partial charge is 0.493 e. The lowest BCUT2D eigenvalue weighted by atomic mass is 10.1. The zero-order valence-corrected chi connectivity index (χ0v) is 10.9. The van der Waals surface area contributed by atoms with Crippen LogP contribution >= 0.6 is 11.3 Å². The fraction of sp³-hybridized carbons (Fsp3) is 0.385. The molecule has 0 unspecified atom stereocenters. The Morgan fingerprint density at radius 2 is 1.62 bits per heavy atom. The average molecular weight is 236 g/mol. The molecule has 0 saturated carbocycles. The minimum Gasteiger partial charge on any atom is -0.493 e. The Morgan fingerprint density at radius 1 is 1.00 bits per heavy atom. The maximum Gasteiger partial charge on any atom is 0.162 e. The van der Waals surface area contributed by atoms with Crippen LogP contribution in [0.15, 0.2) is 18.2 Å². The van der Waals surface area contributed by atoms with Gasteiger partial charge in [0.1, 0.15) is 0 Å². The molecule has 1 aromatic carbocycles. The van der Waals surface area contributed by atoms with E-state index < -0.39 is 0 Å². The zero-order valence-electron chi connectivity index (χ0n) is 10.0. The number of hydrogen-bond acceptors (Lipinski definition) is 3. The van der Waals surface area contributed by atoms with Crippen LogP contribution in [-0.4, -0.2) is 14.2 Å². The molecule has 1 aromatic heterocycles. The third kappa shape index (κ3) is 1.87. The summed E-state index contributed by atoms with van der Waals surface area (Å²) in [6.07, 6.45) is 0. The van der Waals surface area contributed by atoms with E-state index in [-0.39, 0.29) is 0 Å². The highest BCUT2D eigenvalue weighted by atomic mass is 32.1. The third-order valence-electron chi connectivity index (χ3n) is 2.61. The van der Waals surface area contributed by atoms with Crippen LogP contribution in [0.3, 0.4) is 0 Å². The minimum atomic E-state index is 0.564. The Balaban J connectivity index is 2.60. The van der Waals surface area contributed by atoms with Crippen LogP contribution in [0.4, 0.5) is 0 Å². The highest BCUT2D eigenvalue weighted by Crippen LogP contribution is 2.38. The van der Waals surface area contributed by atoms with E-state index in [1.165, 1.54) is 15.0 Å². The Bertz CT molecular complexity index is 459. The first-order valence-corrected chi connectivity index (χ1v) is 6.12. The van der Waals surface area contributed by atoms with Gasteiger partial charge in [0, 0.05) is 15.6 Å². The van der Waals surface area contributed by atoms with Gasteiger partial charge in [0.2, 0.25) is 0 Å². The number of fused-ring (bicyclic) bond motifs is 1. The summed E-state index contributed by atoms with van der Waals surface area (Å²) in [4.78, 5) is 1.39. The molecule has 0 spiro atoms. The van der Waals surface area contributed by atoms with E-state index in [1.807, 2.05) is 23.5 Å². The second kappa shape index (κ2) is 4.34. The van der Waals surface area contributed by atoms with Gasteiger partial charge in [0.15, 0.2) is 11.5 Å². The van der Waals surface area contributed by atoms with Crippen molar-refractivity contribution in [2.45, 2.75) is 19.8 Å². The first-order valence-electron chi connectivity index (χ1n) is 5.31. The first-order chi connectivity index (χ1) is 7.65. The fourth-order valence-corrected chi connectivity index (χ4v) is 2.75. The van der Waals surface area contributed by atoms with Crippen molar-refractivity contribution in [2.24, 2.45) is 0 Å². The fourth-order valence-electron chi connectivity index (χ4n) is 1.67. The second-order valence-electron chi connectivity index (χ2n) is 4.05. The van der Waals surface area contributed by atoms with Crippen LogP contribution in [0.25, 0.3) is 10.1 Å². The van der Waals surface area contributed by atoms with Crippen molar-refractivity contribution >= 4 is 21.4 Å². The molecule has 16 heavy (non-hydrogen) atoms. The van der Waals surface area contributed by atoms with Crippen LogP contribution in [0.1, 0.15) is 24.6 Å². The molecule has 0 saturated heterocycles. The SMILES string of the molecule is COc1cc2cc(C(C)C)sc2cc1OC. The average Bonchev–Trinajstić information content (AvgIpc) is 2.69. The highest BCUT2D eigenvalue weighted by molar-refractivity contribution is 7.19. The molecule has 0 aliphatic carbocycles. The molecule has 1 heterocycles. The Labute approximate surface area is 99.8 Å². The van der Waals surface area contributed by atoms with Crippen LogP contribution in [0, 0.1) is 0 Å². The topological polar surface area (TPSA) is 18.5 Å². The number of hydrogen-bond donors (Lipinski definition) is 0. The zero-order chi connectivity index (χ0) is 11.7. The molecule has 86 valence electrons. The van der Waals surface area contributed by atoms with E-state index in [0.717, 1.165) is 11.5 Å². The summed E-state index contributed by atoms with van der Waals surface area (Å²) in [5, 5.41) is 1.23. The minimum absolute atomic E-state index is 0.564. The molecule has 2 aromatic rings. The molecule has 0 fully saturated rings. The van der Waals surface area contributed by atoms with Crippen LogP contribution in [-0.2, 0) is 0 Å². The van der Waals surface area contributed by atoms with E-state index in [4.69, 9.17) is 9.47 Å². The van der Waals surface area contributed by atoms with Crippen molar-refractivity contribution in [3.63, 3.8) is 0 Å². The van der Waals surface area contributed by atoms with E-state index in [2.05, 4.69) is 19.9 Å². The van der Waals surface area contributed by atoms with E-state index in [9.17, 15) is 0 Å². The lowest BCUT2D eigenvalue weighted by molar-refractivity contribution is 0.356. The van der Waals surface area contributed by atoms with Crippen LogP contribution in [0.5, 0.6) is 11.5 Å². The molecule has 3 heteroatoms. The van der Waals surface area contributed by atoms with E-state index >= 15 is 0 Å². The quantitative estimate of drug-likeness (QED) is 0.800. The van der Waals surface area contributed by atoms with Gasteiger partial charge < -0.3 is 9.47 Å². The van der Waals surface area contributed by atoms with Crippen LogP contribution < -0.4 is 9.47 Å². The Morgan fingerprint density at radius 3 is 2.19 bits per heavy atom. The number of methoxy groups -OCH3 is 2. The maximum absolute atomic E-state index is 5.30. The predicted octanol–water partition coefficient (Wildman–Crippen LogP) is 4.04. The summed E-state index contributed by atoms with van der Waals surface area (Å²) in [5.41, 5.74) is 0. The normalized spacial score (nSPS) is 11.1. The van der Waals surface area contributed by atoms with E-state index in [0.29, 0.717) is 5.92 Å². The standard InChI is InChI=1S/C13H16O2S/c1-8(2)12-6-9-5-10(14-3)11(15-4)7-13(9)16-12/h5-8H,1-4H3. The third-order valence-corrected chi connectivity index (χ3v) is 4.01. The second-order valence-corrected chi connectivity index (χ2v) is 5.16. The molecule has 0 bridgehead atoms. The van der Waals surface area contributed by atoms with Gasteiger partial charge in [-0.3, -0.25) is 0 Å². The summed E-state index contributed by atoms with van der Waals surface area (Å²) >= 11 is 1.82. The van der Waals surface area contributed by atoms with Crippen LogP contribution in [0.2, 0.25) is 0 Å². The monoisotopic (exact) mass is 236 g/mol. The lowest BCUT2D eigenvalue weighted by Crippen LogP contribution is -1.89. The van der Waals surface area contributed by atoms with Gasteiger partial charge in [0.25, 0.3) is 0 Å². The first kappa shape index (κ1) is 11.3. The maximum atomic E-state index is 5.30. The summed E-state index contributed by atoms with van der Waals surface area (Å²) in [6.45, 7) is 4.42. The van der Waals surface area contributed by atoms with Gasteiger partial charge in [-0.25, -0.2) is 0 Å². The van der Waals surface area contributed by atoms with Crippen molar-refractivity contribution in [2.75, 3.05) is 14.2 Å². The van der Waals surface area contributed by atoms with Gasteiger partial charge in [0.05, 0.1) is 14.2 Å². The summed E-state index contributed by atoms with van der Waals surface area (Å²) < 4.78 is 11.8. The van der Waals surface area contributed by atoms with Crippen molar-refractivity contribution in [3.8, 4) is 11.5 Å². The van der Waals surface area contributed by atoms with Gasteiger partial charge in [-0.15, -0.1) is 11.3 Å². The number of ether oxygens (including phenoxy) is 2. The van der Waals surface area contributed by atoms with Crippen molar-refractivity contribution < 1.29 is 9.47 Å². The summed E-state index contributed by atoms with van der Waals surface area (Å²) in [5.74, 6) is 2.16. The highest BCUT2D eigenvalue weighted by Gasteiger charge is 2.10. The van der Waals surface area contributed by atoms with Gasteiger partial charge >= 0.3 is 0 Å². The molecule has 0 aliphatic heterocycles. The Hall–Kier alpha value is -1.22. The molecule has 0 N–H and O–H groups in total. The summed E-state index contributed by atoms with van der Waals surface area (Å²) in [6, 6.07) is 6.31. The molecular weight excluding hydrogens is 220 g/mol. The number of benzene rings is 1. The molecule has 0 amide bonds. The predicted molar refractivity (Wildman–Crippen MR) is 69.0 cm³/mol. The smallest absolute Gasteiger partial charge is 0.162 e. The molecule has 0 radical (unpaired) electrons. The van der Waals surface area contributed by atoms with Crippen molar-refractivity contribution in [1.29, 1.82) is 0 Å². The molecule has 2 rings (SSSR count). The van der Waals surface area contributed by atoms with Crippen molar-refractivity contribution in [1.82, 2.24) is 0 Å². The molecular formula is C13H16O2S. The van der Waals surface area contributed by atoms with Gasteiger partial charge in [-0.05, 0) is 23.4 Å².